The molecule has 0 spiro atoms. The second-order valence-electron chi connectivity index (χ2n) is 3.92. The molecule has 0 aliphatic heterocycles. The van der Waals surface area contributed by atoms with E-state index in [0.717, 1.165) is 37.2 Å². The maximum atomic E-state index is 5.86. The van der Waals surface area contributed by atoms with Crippen LogP contribution in [0.3, 0.4) is 0 Å². The molecule has 2 aromatic rings. The minimum absolute atomic E-state index is 0.435. The molecule has 3 N–H and O–H groups in total. The number of nitrogens with two attached hydrogens (primary N) is 1. The molecule has 0 fully saturated rings. The number of aromatic nitrogens is 2. The number of nitrogens with one attached hydrogen (secondary N) is 1. The van der Waals surface area contributed by atoms with Crippen LogP contribution in [0.4, 0.5) is 11.6 Å². The Morgan fingerprint density at radius 2 is 1.94 bits per heavy atom. The molecule has 0 aliphatic rings. The number of fused-ring (bicyclic) bond motifs is 1. The SMILES string of the molecule is CCOCCCNc1nc2ccccc2nc1N. The van der Waals surface area contributed by atoms with Crippen LogP contribution >= 0.6 is 0 Å². The highest BCUT2D eigenvalue weighted by Gasteiger charge is 2.04. The van der Waals surface area contributed by atoms with Gasteiger partial charge in [0, 0.05) is 19.8 Å². The van der Waals surface area contributed by atoms with E-state index < -0.39 is 0 Å². The van der Waals surface area contributed by atoms with Gasteiger partial charge in [0.15, 0.2) is 11.6 Å². The minimum Gasteiger partial charge on any atom is -0.382 e. The number of anilines is 2. The number of nitrogens with zero attached hydrogens (tertiary/aromatic N) is 2. The Kier molecular flexibility index (Phi) is 4.30. The van der Waals surface area contributed by atoms with E-state index in [0.29, 0.717) is 11.6 Å². The first kappa shape index (κ1) is 12.6. The number of ether oxygens (including phenoxy) is 1. The van der Waals surface area contributed by atoms with Gasteiger partial charge in [0.1, 0.15) is 0 Å². The molecule has 0 unspecified atom stereocenters. The molecule has 0 amide bonds. The predicted molar refractivity (Wildman–Crippen MR) is 73.6 cm³/mol. The third-order valence-electron chi connectivity index (χ3n) is 2.56. The quantitative estimate of drug-likeness (QED) is 0.763. The topological polar surface area (TPSA) is 73.1 Å². The zero-order valence-corrected chi connectivity index (χ0v) is 10.5. The lowest BCUT2D eigenvalue weighted by Crippen LogP contribution is -2.10. The molecule has 2 rings (SSSR count). The molecule has 5 nitrogen and oxygen atoms in total. The Morgan fingerprint density at radius 1 is 1.22 bits per heavy atom. The molecule has 1 heterocycles. The third kappa shape index (κ3) is 3.07. The normalized spacial score (nSPS) is 10.7. The van der Waals surface area contributed by atoms with Crippen LogP contribution in [0, 0.1) is 0 Å². The average molecular weight is 246 g/mol. The molecule has 0 saturated heterocycles. The first-order chi connectivity index (χ1) is 8.81. The fourth-order valence-electron chi connectivity index (χ4n) is 1.67. The van der Waals surface area contributed by atoms with Crippen LogP contribution in [0.15, 0.2) is 24.3 Å². The Labute approximate surface area is 106 Å². The summed E-state index contributed by atoms with van der Waals surface area (Å²) in [6, 6.07) is 7.68. The molecule has 1 aromatic heterocycles. The van der Waals surface area contributed by atoms with Crippen molar-refractivity contribution in [2.45, 2.75) is 13.3 Å². The summed E-state index contributed by atoms with van der Waals surface area (Å²) in [5, 5.41) is 3.19. The van der Waals surface area contributed by atoms with Crippen molar-refractivity contribution in [1.82, 2.24) is 9.97 Å². The van der Waals surface area contributed by atoms with E-state index in [1.54, 1.807) is 0 Å². The Hall–Kier alpha value is -1.88. The average Bonchev–Trinajstić information content (AvgIpc) is 2.39. The highest BCUT2D eigenvalue weighted by atomic mass is 16.5. The van der Waals surface area contributed by atoms with Crippen molar-refractivity contribution in [2.75, 3.05) is 30.8 Å². The van der Waals surface area contributed by atoms with Crippen molar-refractivity contribution in [2.24, 2.45) is 0 Å². The second-order valence-corrected chi connectivity index (χ2v) is 3.92. The van der Waals surface area contributed by atoms with Crippen LogP contribution in [0.25, 0.3) is 11.0 Å². The highest BCUT2D eigenvalue weighted by Crippen LogP contribution is 2.17. The minimum atomic E-state index is 0.435. The first-order valence-corrected chi connectivity index (χ1v) is 6.15. The lowest BCUT2D eigenvalue weighted by atomic mass is 10.3. The summed E-state index contributed by atoms with van der Waals surface area (Å²) >= 11 is 0. The summed E-state index contributed by atoms with van der Waals surface area (Å²) in [6.45, 7) is 4.25. The van der Waals surface area contributed by atoms with E-state index in [9.17, 15) is 0 Å². The van der Waals surface area contributed by atoms with Gasteiger partial charge in [0.2, 0.25) is 0 Å². The zero-order valence-electron chi connectivity index (χ0n) is 10.5. The fourth-order valence-corrected chi connectivity index (χ4v) is 1.67. The Morgan fingerprint density at radius 3 is 2.67 bits per heavy atom. The van der Waals surface area contributed by atoms with Gasteiger partial charge in [0.05, 0.1) is 11.0 Å². The second kappa shape index (κ2) is 6.16. The maximum Gasteiger partial charge on any atom is 0.169 e. The highest BCUT2D eigenvalue weighted by molar-refractivity contribution is 5.79. The van der Waals surface area contributed by atoms with Gasteiger partial charge >= 0.3 is 0 Å². The predicted octanol–water partition coefficient (Wildman–Crippen LogP) is 2.05. The smallest absolute Gasteiger partial charge is 0.169 e. The Balaban J connectivity index is 2.01. The lowest BCUT2D eigenvalue weighted by molar-refractivity contribution is 0.147. The number of hydrogen-bond acceptors (Lipinski definition) is 5. The van der Waals surface area contributed by atoms with Crippen LogP contribution in [0.5, 0.6) is 0 Å². The summed E-state index contributed by atoms with van der Waals surface area (Å²) in [5.74, 6) is 1.08. The molecule has 0 aliphatic carbocycles. The molecule has 0 atom stereocenters. The molecular weight excluding hydrogens is 228 g/mol. The van der Waals surface area contributed by atoms with Crippen LogP contribution in [-0.2, 0) is 4.74 Å². The molecule has 1 aromatic carbocycles. The third-order valence-corrected chi connectivity index (χ3v) is 2.56. The van der Waals surface area contributed by atoms with Crippen LogP contribution in [0.1, 0.15) is 13.3 Å². The molecular formula is C13H18N4O. The molecule has 0 bridgehead atoms. The van der Waals surface area contributed by atoms with Gasteiger partial charge < -0.3 is 15.8 Å². The summed E-state index contributed by atoms with van der Waals surface area (Å²) in [6.07, 6.45) is 0.918. The van der Waals surface area contributed by atoms with Gasteiger partial charge in [0.25, 0.3) is 0 Å². The van der Waals surface area contributed by atoms with Crippen molar-refractivity contribution >= 4 is 22.7 Å². The zero-order chi connectivity index (χ0) is 12.8. The standard InChI is InChI=1S/C13H18N4O/c1-2-18-9-5-8-15-13-12(14)16-10-6-3-4-7-11(10)17-13/h3-4,6-7H,2,5,8-9H2,1H3,(H2,14,16)(H,15,17). The summed E-state index contributed by atoms with van der Waals surface area (Å²) < 4.78 is 5.26. The van der Waals surface area contributed by atoms with Crippen molar-refractivity contribution in [3.63, 3.8) is 0 Å². The molecule has 0 saturated carbocycles. The van der Waals surface area contributed by atoms with E-state index in [2.05, 4.69) is 15.3 Å². The van der Waals surface area contributed by atoms with Gasteiger partial charge in [-0.1, -0.05) is 12.1 Å². The number of rotatable bonds is 6. The van der Waals surface area contributed by atoms with Crippen molar-refractivity contribution in [3.8, 4) is 0 Å². The lowest BCUT2D eigenvalue weighted by Gasteiger charge is -2.08. The summed E-state index contributed by atoms with van der Waals surface area (Å²) in [7, 11) is 0. The fraction of sp³-hybridized carbons (Fsp3) is 0.385. The maximum absolute atomic E-state index is 5.86. The van der Waals surface area contributed by atoms with Gasteiger partial charge in [-0.3, -0.25) is 0 Å². The van der Waals surface area contributed by atoms with E-state index in [-0.39, 0.29) is 0 Å². The van der Waals surface area contributed by atoms with Crippen molar-refractivity contribution in [3.05, 3.63) is 24.3 Å². The Bertz CT molecular complexity index is 515. The molecule has 0 radical (unpaired) electrons. The van der Waals surface area contributed by atoms with Crippen molar-refractivity contribution in [1.29, 1.82) is 0 Å². The van der Waals surface area contributed by atoms with Gasteiger partial charge in [-0.15, -0.1) is 0 Å². The van der Waals surface area contributed by atoms with Gasteiger partial charge in [-0.2, -0.15) is 0 Å². The largest absolute Gasteiger partial charge is 0.382 e. The monoisotopic (exact) mass is 246 g/mol. The molecule has 96 valence electrons. The molecule has 18 heavy (non-hydrogen) atoms. The molecule has 5 heteroatoms. The van der Waals surface area contributed by atoms with Crippen molar-refractivity contribution < 1.29 is 4.74 Å². The van der Waals surface area contributed by atoms with Crippen LogP contribution < -0.4 is 11.1 Å². The number of para-hydroxylation sites is 2. The van der Waals surface area contributed by atoms with E-state index in [1.165, 1.54) is 0 Å². The van der Waals surface area contributed by atoms with Crippen LogP contribution in [0.2, 0.25) is 0 Å². The van der Waals surface area contributed by atoms with Gasteiger partial charge in [-0.05, 0) is 25.5 Å². The van der Waals surface area contributed by atoms with Gasteiger partial charge in [-0.25, -0.2) is 9.97 Å². The van der Waals surface area contributed by atoms with E-state index >= 15 is 0 Å². The number of nitrogen functional groups attached to an aromatic ring is 1. The summed E-state index contributed by atoms with van der Waals surface area (Å²) in [4.78, 5) is 8.77. The van der Waals surface area contributed by atoms with E-state index in [1.807, 2.05) is 31.2 Å². The number of hydrogen-bond donors (Lipinski definition) is 2. The number of benzene rings is 1. The van der Waals surface area contributed by atoms with E-state index in [4.69, 9.17) is 10.5 Å². The first-order valence-electron chi connectivity index (χ1n) is 6.15. The van der Waals surface area contributed by atoms with Crippen LogP contribution in [-0.4, -0.2) is 29.7 Å². The summed E-state index contributed by atoms with van der Waals surface area (Å²) in [5.41, 5.74) is 7.52.